The number of nitrogens with one attached hydrogen (secondary N) is 5. The van der Waals surface area contributed by atoms with Gasteiger partial charge in [-0.15, -0.1) is 0 Å². The van der Waals surface area contributed by atoms with Crippen LogP contribution in [0.3, 0.4) is 0 Å². The van der Waals surface area contributed by atoms with Crippen molar-refractivity contribution in [1.29, 1.82) is 5.41 Å². The zero-order valence-corrected chi connectivity index (χ0v) is 28.6. The summed E-state index contributed by atoms with van der Waals surface area (Å²) in [4.78, 5) is 37.7. The predicted octanol–water partition coefficient (Wildman–Crippen LogP) is 2.75. The zero-order valence-electron chi connectivity index (χ0n) is 28.6. The summed E-state index contributed by atoms with van der Waals surface area (Å²) >= 11 is 0. The minimum Gasteiger partial charge on any atom is -0.388 e. The first-order valence-corrected chi connectivity index (χ1v) is 16.1. The summed E-state index contributed by atoms with van der Waals surface area (Å²) in [5.74, 6) is 1.08. The largest absolute Gasteiger partial charge is 0.388 e. The fourth-order valence-corrected chi connectivity index (χ4v) is 4.80. The van der Waals surface area contributed by atoms with Crippen molar-refractivity contribution in [3.05, 3.63) is 52.2 Å². The van der Waals surface area contributed by atoms with Gasteiger partial charge in [0, 0.05) is 55.8 Å². The van der Waals surface area contributed by atoms with Gasteiger partial charge in [0.25, 0.3) is 5.56 Å². The van der Waals surface area contributed by atoms with Crippen LogP contribution in [0, 0.1) is 5.41 Å². The van der Waals surface area contributed by atoms with Crippen LogP contribution in [-0.4, -0.2) is 77.0 Å². The lowest BCUT2D eigenvalue weighted by atomic mass is 9.95. The molecule has 2 amide bonds. The number of rotatable bonds is 13. The standard InChI is InChI=1S/C19H28N6O.C14H29N5O/c1-19(2,3)17-24-12-15(16(26)25-17)14-7-5-13(6-8-14)11-22-9-4-10-23-18(20)21;1-14(2,3)18-13(20)17-11-7-9-19(10-11)8-5-4-6-12(15)16/h5-8,12,22H,4,9-11H2,1-3H3,(H4,20,21,23)(H,24,25,26);11H,4-10H2,1-3H3,(H3,15,16)(H2,17,18,20)/t;11-/m.0/s1. The third-order valence-corrected chi connectivity index (χ3v) is 7.18. The molecule has 1 atom stereocenters. The van der Waals surface area contributed by atoms with E-state index in [1.807, 2.05) is 65.8 Å². The van der Waals surface area contributed by atoms with Crippen LogP contribution in [0.25, 0.3) is 11.1 Å². The van der Waals surface area contributed by atoms with Crippen molar-refractivity contribution >= 4 is 17.8 Å². The van der Waals surface area contributed by atoms with Gasteiger partial charge in [0.15, 0.2) is 5.96 Å². The number of aromatic amines is 1. The molecule has 2 aromatic rings. The lowest BCUT2D eigenvalue weighted by molar-refractivity contribution is 0.227. The summed E-state index contributed by atoms with van der Waals surface area (Å²) in [5.41, 5.74) is 18.0. The smallest absolute Gasteiger partial charge is 0.315 e. The Labute approximate surface area is 274 Å². The van der Waals surface area contributed by atoms with Crippen LogP contribution < -0.4 is 38.7 Å². The Morgan fingerprint density at radius 3 is 2.37 bits per heavy atom. The number of benzene rings is 1. The Morgan fingerprint density at radius 1 is 1.09 bits per heavy atom. The Morgan fingerprint density at radius 2 is 1.78 bits per heavy atom. The maximum absolute atomic E-state index is 12.4. The molecular weight excluding hydrogens is 582 g/mol. The van der Waals surface area contributed by atoms with E-state index in [1.165, 1.54) is 0 Å². The van der Waals surface area contributed by atoms with Gasteiger partial charge in [0.05, 0.1) is 11.4 Å². The number of hydrogen-bond acceptors (Lipinski definition) is 7. The summed E-state index contributed by atoms with van der Waals surface area (Å²) in [5, 5.41) is 16.5. The van der Waals surface area contributed by atoms with Crippen LogP contribution in [0.5, 0.6) is 0 Å². The van der Waals surface area contributed by atoms with Crippen LogP contribution in [-0.2, 0) is 12.0 Å². The van der Waals surface area contributed by atoms with E-state index >= 15 is 0 Å². The van der Waals surface area contributed by atoms with Crippen molar-refractivity contribution in [1.82, 2.24) is 30.8 Å². The molecule has 1 aliphatic rings. The summed E-state index contributed by atoms with van der Waals surface area (Å²) in [6, 6.07) is 8.06. The molecule has 0 radical (unpaired) electrons. The van der Waals surface area contributed by atoms with E-state index in [0.29, 0.717) is 24.4 Å². The number of nitrogens with zero attached hydrogens (tertiary/aromatic N) is 3. The number of H-pyrrole nitrogens is 1. The number of carbonyl (C=O) groups excluding carboxylic acids is 1. The van der Waals surface area contributed by atoms with E-state index in [0.717, 1.165) is 69.5 Å². The molecule has 46 heavy (non-hydrogen) atoms. The number of urea groups is 1. The first kappa shape index (κ1) is 38.2. The number of guanidine groups is 1. The lowest BCUT2D eigenvalue weighted by Gasteiger charge is -2.23. The molecule has 1 aliphatic heterocycles. The summed E-state index contributed by atoms with van der Waals surface area (Å²) in [7, 11) is 0. The van der Waals surface area contributed by atoms with Gasteiger partial charge in [-0.2, -0.15) is 0 Å². The van der Waals surface area contributed by atoms with Gasteiger partial charge in [-0.25, -0.2) is 9.78 Å². The van der Waals surface area contributed by atoms with Crippen molar-refractivity contribution in [3.8, 4) is 11.1 Å². The van der Waals surface area contributed by atoms with Crippen LogP contribution in [0.2, 0.25) is 0 Å². The van der Waals surface area contributed by atoms with Crippen molar-refractivity contribution in [3.63, 3.8) is 0 Å². The molecule has 1 saturated heterocycles. The minimum atomic E-state index is -0.199. The van der Waals surface area contributed by atoms with Gasteiger partial charge in [-0.05, 0) is 70.7 Å². The lowest BCUT2D eigenvalue weighted by Crippen LogP contribution is -2.50. The molecule has 13 nitrogen and oxygen atoms in total. The van der Waals surface area contributed by atoms with Crippen molar-refractivity contribution in [2.45, 2.75) is 97.2 Å². The molecule has 256 valence electrons. The molecule has 0 unspecified atom stereocenters. The highest BCUT2D eigenvalue weighted by Gasteiger charge is 2.24. The number of nitrogens with two attached hydrogens (primary N) is 3. The number of likely N-dealkylation sites (tertiary alicyclic amines) is 1. The molecule has 0 saturated carbocycles. The van der Waals surface area contributed by atoms with E-state index in [2.05, 4.69) is 35.8 Å². The summed E-state index contributed by atoms with van der Waals surface area (Å²) < 4.78 is 0. The van der Waals surface area contributed by atoms with Gasteiger partial charge in [-0.3, -0.25) is 15.2 Å². The molecule has 1 aromatic heterocycles. The molecular formula is C33H57N11O2. The van der Waals surface area contributed by atoms with E-state index in [1.54, 1.807) is 6.20 Å². The third kappa shape index (κ3) is 15.3. The molecule has 3 rings (SSSR count). The average molecular weight is 640 g/mol. The van der Waals surface area contributed by atoms with E-state index in [9.17, 15) is 9.59 Å². The molecule has 13 heteroatoms. The number of amides is 2. The Bertz CT molecular complexity index is 1320. The van der Waals surface area contributed by atoms with Gasteiger partial charge in [-0.1, -0.05) is 45.0 Å². The van der Waals surface area contributed by atoms with Crippen LogP contribution >= 0.6 is 0 Å². The first-order chi connectivity index (χ1) is 21.5. The van der Waals surface area contributed by atoms with Crippen LogP contribution in [0.1, 0.15) is 85.0 Å². The van der Waals surface area contributed by atoms with E-state index in [4.69, 9.17) is 22.6 Å². The third-order valence-electron chi connectivity index (χ3n) is 7.18. The van der Waals surface area contributed by atoms with Gasteiger partial charge >= 0.3 is 6.03 Å². The van der Waals surface area contributed by atoms with Crippen molar-refractivity contribution in [2.24, 2.45) is 22.2 Å². The minimum absolute atomic E-state index is 0.0825. The SMILES string of the molecule is CC(C)(C)NC(=O)N[C@H]1CCN(CCCCC(=N)N)C1.CC(C)(C)c1ncc(-c2ccc(CNCCCN=C(N)N)cc2)c(=O)[nH]1. The van der Waals surface area contributed by atoms with Gasteiger partial charge in [0.1, 0.15) is 5.82 Å². The molecule has 2 heterocycles. The Hall–Kier alpha value is -3.97. The first-order valence-electron chi connectivity index (χ1n) is 16.1. The average Bonchev–Trinajstić information content (AvgIpc) is 3.38. The van der Waals surface area contributed by atoms with Crippen LogP contribution in [0.15, 0.2) is 40.2 Å². The predicted molar refractivity (Wildman–Crippen MR) is 188 cm³/mol. The highest BCUT2D eigenvalue weighted by Crippen LogP contribution is 2.19. The second-order valence-corrected chi connectivity index (χ2v) is 13.9. The number of amidine groups is 1. The maximum Gasteiger partial charge on any atom is 0.315 e. The second kappa shape index (κ2) is 18.2. The van der Waals surface area contributed by atoms with E-state index < -0.39 is 0 Å². The molecule has 1 aromatic carbocycles. The van der Waals surface area contributed by atoms with Crippen LogP contribution in [0.4, 0.5) is 4.79 Å². The molecule has 1 fully saturated rings. The molecule has 0 aliphatic carbocycles. The molecule has 0 spiro atoms. The quantitative estimate of drug-likeness (QED) is 0.0924. The van der Waals surface area contributed by atoms with E-state index in [-0.39, 0.29) is 40.4 Å². The normalized spacial score (nSPS) is 15.0. The van der Waals surface area contributed by atoms with Gasteiger partial charge < -0.3 is 43.0 Å². The topological polar surface area (TPSA) is 216 Å². The number of aromatic nitrogens is 2. The fraction of sp³-hybridized carbons (Fsp3) is 0.606. The fourth-order valence-electron chi connectivity index (χ4n) is 4.80. The number of unbranched alkanes of at least 4 members (excludes halogenated alkanes) is 1. The van der Waals surface area contributed by atoms with Crippen molar-refractivity contribution < 1.29 is 4.79 Å². The Kier molecular flexibility index (Phi) is 15.2. The monoisotopic (exact) mass is 639 g/mol. The van der Waals surface area contributed by atoms with Crippen molar-refractivity contribution in [2.75, 3.05) is 32.7 Å². The number of aliphatic imine (C=N–C) groups is 1. The second-order valence-electron chi connectivity index (χ2n) is 13.9. The highest BCUT2D eigenvalue weighted by atomic mass is 16.2. The maximum atomic E-state index is 12.4. The summed E-state index contributed by atoms with van der Waals surface area (Å²) in [6.45, 7) is 17.1. The molecule has 11 N–H and O–H groups in total. The number of hydrogen-bond donors (Lipinski definition) is 8. The molecule has 0 bridgehead atoms. The highest BCUT2D eigenvalue weighted by molar-refractivity contribution is 5.76. The zero-order chi connectivity index (χ0) is 34.3. The van der Waals surface area contributed by atoms with Gasteiger partial charge in [0.2, 0.25) is 0 Å². The number of carbonyl (C=O) groups is 1. The Balaban J connectivity index is 0.000000332. The summed E-state index contributed by atoms with van der Waals surface area (Å²) in [6.07, 6.45) is 6.23.